The van der Waals surface area contributed by atoms with Gasteiger partial charge in [0.05, 0.1) is 0 Å². The standard InChI is InChI=1S/C19H30N4O2.2ClH/c1-14(20)6-11-18(24)21-16-9-7-15(8-10-16)19(25)23(3)17-5-4-12-22(2)13-17;;/h7-10,14,17H,4-6,11-13,20H2,1-3H3,(H,21,24);2*1H. The summed E-state index contributed by atoms with van der Waals surface area (Å²) in [5, 5.41) is 2.84. The maximum absolute atomic E-state index is 12.7. The van der Waals surface area contributed by atoms with Gasteiger partial charge in [0.15, 0.2) is 0 Å². The van der Waals surface area contributed by atoms with E-state index in [0.717, 1.165) is 25.9 Å². The highest BCUT2D eigenvalue weighted by atomic mass is 35.5. The predicted octanol–water partition coefficient (Wildman–Crippen LogP) is 2.76. The smallest absolute Gasteiger partial charge is 0.253 e. The van der Waals surface area contributed by atoms with Crippen LogP contribution in [-0.4, -0.2) is 60.9 Å². The molecule has 154 valence electrons. The number of amides is 2. The SMILES string of the molecule is CC(N)CCC(=O)Nc1ccc(C(=O)N(C)C2CCCN(C)C2)cc1.Cl.Cl. The Morgan fingerprint density at radius 2 is 1.93 bits per heavy atom. The number of likely N-dealkylation sites (tertiary alicyclic amines) is 1. The van der Waals surface area contributed by atoms with E-state index in [9.17, 15) is 9.59 Å². The van der Waals surface area contributed by atoms with Crippen LogP contribution in [0.1, 0.15) is 43.0 Å². The number of nitrogens with one attached hydrogen (secondary N) is 1. The molecule has 1 aromatic carbocycles. The molecule has 0 aromatic heterocycles. The van der Waals surface area contributed by atoms with E-state index in [0.29, 0.717) is 24.1 Å². The lowest BCUT2D eigenvalue weighted by Crippen LogP contribution is -2.47. The molecule has 8 heteroatoms. The minimum Gasteiger partial charge on any atom is -0.337 e. The summed E-state index contributed by atoms with van der Waals surface area (Å²) in [5.41, 5.74) is 7.00. The van der Waals surface area contributed by atoms with Crippen LogP contribution in [0.4, 0.5) is 5.69 Å². The van der Waals surface area contributed by atoms with Gasteiger partial charge in [-0.05, 0) is 64.0 Å². The van der Waals surface area contributed by atoms with E-state index in [-0.39, 0.29) is 48.7 Å². The van der Waals surface area contributed by atoms with Crippen molar-refractivity contribution in [3.8, 4) is 0 Å². The van der Waals surface area contributed by atoms with E-state index >= 15 is 0 Å². The molecule has 0 aliphatic carbocycles. The fraction of sp³-hybridized carbons (Fsp3) is 0.579. The first-order valence-electron chi connectivity index (χ1n) is 8.98. The van der Waals surface area contributed by atoms with Gasteiger partial charge in [-0.15, -0.1) is 24.8 Å². The molecule has 2 amide bonds. The van der Waals surface area contributed by atoms with Crippen molar-refractivity contribution in [3.05, 3.63) is 29.8 Å². The average molecular weight is 419 g/mol. The number of anilines is 1. The molecule has 27 heavy (non-hydrogen) atoms. The summed E-state index contributed by atoms with van der Waals surface area (Å²) in [7, 11) is 3.96. The second-order valence-corrected chi connectivity index (χ2v) is 7.12. The van der Waals surface area contributed by atoms with Crippen LogP contribution in [0.5, 0.6) is 0 Å². The van der Waals surface area contributed by atoms with Gasteiger partial charge in [0.1, 0.15) is 0 Å². The molecule has 3 N–H and O–H groups in total. The molecule has 0 spiro atoms. The predicted molar refractivity (Wildman–Crippen MR) is 115 cm³/mol. The summed E-state index contributed by atoms with van der Waals surface area (Å²) in [5.74, 6) is -0.0335. The van der Waals surface area contributed by atoms with E-state index in [1.54, 1.807) is 24.3 Å². The third kappa shape index (κ3) is 8.05. The maximum Gasteiger partial charge on any atom is 0.253 e. The Balaban J connectivity index is 0.00000338. The fourth-order valence-electron chi connectivity index (χ4n) is 3.10. The zero-order valence-electron chi connectivity index (χ0n) is 16.3. The van der Waals surface area contributed by atoms with Crippen molar-refractivity contribution in [3.63, 3.8) is 0 Å². The number of carbonyl (C=O) groups is 2. The summed E-state index contributed by atoms with van der Waals surface area (Å²) in [4.78, 5) is 28.6. The second kappa shape index (κ2) is 12.2. The van der Waals surface area contributed by atoms with E-state index in [1.807, 2.05) is 18.9 Å². The first-order chi connectivity index (χ1) is 11.9. The number of hydrogen-bond acceptors (Lipinski definition) is 4. The molecular formula is C19H32Cl2N4O2. The molecule has 2 atom stereocenters. The molecule has 1 aliphatic heterocycles. The van der Waals surface area contributed by atoms with Crippen LogP contribution in [0.15, 0.2) is 24.3 Å². The highest BCUT2D eigenvalue weighted by Crippen LogP contribution is 2.17. The van der Waals surface area contributed by atoms with Crippen molar-refractivity contribution in [2.45, 2.75) is 44.7 Å². The van der Waals surface area contributed by atoms with Crippen LogP contribution in [0, 0.1) is 0 Å². The van der Waals surface area contributed by atoms with E-state index in [2.05, 4.69) is 17.3 Å². The van der Waals surface area contributed by atoms with Crippen LogP contribution in [0.2, 0.25) is 0 Å². The quantitative estimate of drug-likeness (QED) is 0.743. The monoisotopic (exact) mass is 418 g/mol. The Morgan fingerprint density at radius 1 is 1.30 bits per heavy atom. The van der Waals surface area contributed by atoms with Gasteiger partial charge >= 0.3 is 0 Å². The van der Waals surface area contributed by atoms with Gasteiger partial charge in [-0.3, -0.25) is 9.59 Å². The van der Waals surface area contributed by atoms with Crippen molar-refractivity contribution < 1.29 is 9.59 Å². The third-order valence-electron chi connectivity index (χ3n) is 4.71. The summed E-state index contributed by atoms with van der Waals surface area (Å²) in [6.45, 7) is 3.89. The Bertz CT molecular complexity index is 596. The first-order valence-corrected chi connectivity index (χ1v) is 8.98. The molecule has 1 heterocycles. The number of benzene rings is 1. The van der Waals surface area contributed by atoms with Crippen LogP contribution in [0.25, 0.3) is 0 Å². The van der Waals surface area contributed by atoms with Crippen molar-refractivity contribution in [1.29, 1.82) is 0 Å². The van der Waals surface area contributed by atoms with E-state index in [1.165, 1.54) is 0 Å². The Morgan fingerprint density at radius 3 is 2.48 bits per heavy atom. The number of piperidine rings is 1. The van der Waals surface area contributed by atoms with Gasteiger partial charge in [0.25, 0.3) is 5.91 Å². The summed E-state index contributed by atoms with van der Waals surface area (Å²) in [6, 6.07) is 7.36. The normalized spacial score (nSPS) is 17.9. The van der Waals surface area contributed by atoms with E-state index < -0.39 is 0 Å². The van der Waals surface area contributed by atoms with Crippen molar-refractivity contribution in [2.24, 2.45) is 5.73 Å². The minimum atomic E-state index is -0.0567. The first kappa shape index (κ1) is 25.7. The summed E-state index contributed by atoms with van der Waals surface area (Å²) < 4.78 is 0. The zero-order chi connectivity index (χ0) is 18.4. The summed E-state index contributed by atoms with van der Waals surface area (Å²) >= 11 is 0. The van der Waals surface area contributed by atoms with Crippen LogP contribution in [-0.2, 0) is 4.79 Å². The van der Waals surface area contributed by atoms with Crippen LogP contribution in [0.3, 0.4) is 0 Å². The molecule has 2 rings (SSSR count). The van der Waals surface area contributed by atoms with Crippen LogP contribution >= 0.6 is 24.8 Å². The lowest BCUT2D eigenvalue weighted by molar-refractivity contribution is -0.116. The number of nitrogens with zero attached hydrogens (tertiary/aromatic N) is 2. The largest absolute Gasteiger partial charge is 0.337 e. The van der Waals surface area contributed by atoms with Crippen LogP contribution < -0.4 is 11.1 Å². The van der Waals surface area contributed by atoms with Crippen molar-refractivity contribution in [1.82, 2.24) is 9.80 Å². The minimum absolute atomic E-state index is 0. The Labute approximate surface area is 174 Å². The van der Waals surface area contributed by atoms with Gasteiger partial charge in [-0.25, -0.2) is 0 Å². The Hall–Kier alpha value is -1.34. The molecule has 1 fully saturated rings. The highest BCUT2D eigenvalue weighted by Gasteiger charge is 2.25. The molecular weight excluding hydrogens is 387 g/mol. The van der Waals surface area contributed by atoms with Gasteiger partial charge < -0.3 is 20.9 Å². The third-order valence-corrected chi connectivity index (χ3v) is 4.71. The second-order valence-electron chi connectivity index (χ2n) is 7.12. The van der Waals surface area contributed by atoms with Gasteiger partial charge in [0, 0.05) is 43.3 Å². The molecule has 1 aromatic rings. The number of carbonyl (C=O) groups excluding carboxylic acids is 2. The number of rotatable bonds is 6. The fourth-order valence-corrected chi connectivity index (χ4v) is 3.10. The molecule has 0 saturated carbocycles. The number of nitrogens with two attached hydrogens (primary N) is 1. The van der Waals surface area contributed by atoms with Gasteiger partial charge in [0.2, 0.25) is 5.91 Å². The van der Waals surface area contributed by atoms with E-state index in [4.69, 9.17) is 5.73 Å². The molecule has 0 bridgehead atoms. The number of likely N-dealkylation sites (N-methyl/N-ethyl adjacent to an activating group) is 2. The lowest BCUT2D eigenvalue weighted by Gasteiger charge is -2.35. The lowest BCUT2D eigenvalue weighted by atomic mass is 10.0. The molecule has 6 nitrogen and oxygen atoms in total. The average Bonchev–Trinajstić information content (AvgIpc) is 2.59. The number of hydrogen-bond donors (Lipinski definition) is 2. The maximum atomic E-state index is 12.7. The topological polar surface area (TPSA) is 78.7 Å². The zero-order valence-corrected chi connectivity index (χ0v) is 17.9. The van der Waals surface area contributed by atoms with Gasteiger partial charge in [-0.2, -0.15) is 0 Å². The molecule has 1 aliphatic rings. The molecule has 0 radical (unpaired) electrons. The van der Waals surface area contributed by atoms with Gasteiger partial charge in [-0.1, -0.05) is 0 Å². The van der Waals surface area contributed by atoms with Crippen molar-refractivity contribution >= 4 is 42.3 Å². The number of halogens is 2. The molecule has 1 saturated heterocycles. The molecule has 2 unspecified atom stereocenters. The van der Waals surface area contributed by atoms with Crippen molar-refractivity contribution in [2.75, 3.05) is 32.5 Å². The summed E-state index contributed by atoms with van der Waals surface area (Å²) in [6.07, 6.45) is 3.21. The highest BCUT2D eigenvalue weighted by molar-refractivity contribution is 5.95. The Kier molecular flexibility index (Phi) is 11.6.